The molecule has 1 aromatic heterocycles. The van der Waals surface area contributed by atoms with Crippen LogP contribution in [-0.4, -0.2) is 49.4 Å². The molecule has 1 fully saturated rings. The lowest BCUT2D eigenvalue weighted by molar-refractivity contribution is 0.0191. The molecule has 1 atom stereocenters. The SMILES string of the molecule is Cn1nc(C(F)F)cc1S(=O)CC1CCN(C(=O)OC(C)(C)C)CC1. The lowest BCUT2D eigenvalue weighted by Gasteiger charge is -2.33. The number of likely N-dealkylation sites (tertiary alicyclic amines) is 1. The Labute approximate surface area is 149 Å². The molecule has 0 aliphatic carbocycles. The van der Waals surface area contributed by atoms with Gasteiger partial charge in [-0.2, -0.15) is 5.10 Å². The first-order valence-corrected chi connectivity index (χ1v) is 9.57. The van der Waals surface area contributed by atoms with E-state index in [1.807, 2.05) is 20.8 Å². The predicted octanol–water partition coefficient (Wildman–Crippen LogP) is 3.11. The lowest BCUT2D eigenvalue weighted by Crippen LogP contribution is -2.42. The normalized spacial score (nSPS) is 17.8. The van der Waals surface area contributed by atoms with Gasteiger partial charge in [-0.25, -0.2) is 13.6 Å². The predicted molar refractivity (Wildman–Crippen MR) is 90.0 cm³/mol. The zero-order valence-electron chi connectivity index (χ0n) is 15.0. The van der Waals surface area contributed by atoms with Crippen LogP contribution in [0.1, 0.15) is 45.7 Å². The second-order valence-corrected chi connectivity index (χ2v) is 8.70. The first-order chi connectivity index (χ1) is 11.6. The van der Waals surface area contributed by atoms with Gasteiger partial charge in [-0.1, -0.05) is 0 Å². The fourth-order valence-electron chi connectivity index (χ4n) is 2.70. The summed E-state index contributed by atoms with van der Waals surface area (Å²) in [6.07, 6.45) is -1.58. The Morgan fingerprint density at radius 2 is 2.00 bits per heavy atom. The van der Waals surface area contributed by atoms with Gasteiger partial charge >= 0.3 is 6.09 Å². The Morgan fingerprint density at radius 3 is 2.48 bits per heavy atom. The smallest absolute Gasteiger partial charge is 0.410 e. The summed E-state index contributed by atoms with van der Waals surface area (Å²) in [6.45, 7) is 6.56. The summed E-state index contributed by atoms with van der Waals surface area (Å²) in [5, 5.41) is 4.01. The van der Waals surface area contributed by atoms with Crippen LogP contribution < -0.4 is 0 Å². The van der Waals surface area contributed by atoms with E-state index in [4.69, 9.17) is 4.74 Å². The molecular weight excluding hydrogens is 352 g/mol. The zero-order chi connectivity index (χ0) is 18.8. The van der Waals surface area contributed by atoms with E-state index in [0.29, 0.717) is 36.7 Å². The maximum Gasteiger partial charge on any atom is 0.410 e. The minimum atomic E-state index is -2.67. The molecule has 1 aliphatic heterocycles. The van der Waals surface area contributed by atoms with E-state index in [-0.39, 0.29) is 17.7 Å². The number of ether oxygens (including phenoxy) is 1. The van der Waals surface area contributed by atoms with Crippen molar-refractivity contribution in [3.05, 3.63) is 11.8 Å². The number of alkyl halides is 2. The number of nitrogens with zero attached hydrogens (tertiary/aromatic N) is 3. The molecule has 0 radical (unpaired) electrons. The third-order valence-corrected chi connectivity index (χ3v) is 5.59. The lowest BCUT2D eigenvalue weighted by atomic mass is 9.99. The molecule has 9 heteroatoms. The minimum Gasteiger partial charge on any atom is -0.444 e. The van der Waals surface area contributed by atoms with E-state index < -0.39 is 22.8 Å². The van der Waals surface area contributed by atoms with Gasteiger partial charge < -0.3 is 9.64 Å². The van der Waals surface area contributed by atoms with E-state index in [1.54, 1.807) is 4.90 Å². The number of hydrogen-bond donors (Lipinski definition) is 0. The maximum absolute atomic E-state index is 12.7. The molecule has 0 aromatic carbocycles. The Bertz CT molecular complexity index is 635. The second kappa shape index (κ2) is 7.80. The molecule has 1 saturated heterocycles. The topological polar surface area (TPSA) is 64.4 Å². The second-order valence-electron chi connectivity index (χ2n) is 7.25. The van der Waals surface area contributed by atoms with Gasteiger partial charge in [0.15, 0.2) is 0 Å². The van der Waals surface area contributed by atoms with Gasteiger partial charge in [0.2, 0.25) is 0 Å². The van der Waals surface area contributed by atoms with Gasteiger partial charge in [-0.3, -0.25) is 8.89 Å². The highest BCUT2D eigenvalue weighted by molar-refractivity contribution is 7.85. The van der Waals surface area contributed by atoms with Crippen LogP contribution in [0.4, 0.5) is 13.6 Å². The van der Waals surface area contributed by atoms with Crippen molar-refractivity contribution in [1.82, 2.24) is 14.7 Å². The summed E-state index contributed by atoms with van der Waals surface area (Å²) in [5.74, 6) is 0.550. The van der Waals surface area contributed by atoms with Gasteiger partial charge in [0.1, 0.15) is 16.3 Å². The van der Waals surface area contributed by atoms with Crippen molar-refractivity contribution in [2.75, 3.05) is 18.8 Å². The van der Waals surface area contributed by atoms with Crippen molar-refractivity contribution in [3.63, 3.8) is 0 Å². The van der Waals surface area contributed by atoms with Crippen LogP contribution in [0, 0.1) is 5.92 Å². The van der Waals surface area contributed by atoms with Crippen LogP contribution in [0.15, 0.2) is 11.1 Å². The summed E-state index contributed by atoms with van der Waals surface area (Å²) >= 11 is 0. The molecule has 2 heterocycles. The molecule has 0 spiro atoms. The van der Waals surface area contributed by atoms with Crippen LogP contribution in [-0.2, 0) is 22.6 Å². The number of amides is 1. The van der Waals surface area contributed by atoms with Crippen molar-refractivity contribution in [1.29, 1.82) is 0 Å². The van der Waals surface area contributed by atoms with Gasteiger partial charge in [0.05, 0.1) is 10.8 Å². The average molecular weight is 377 g/mol. The number of rotatable bonds is 4. The molecule has 2 rings (SSSR count). The molecule has 0 N–H and O–H groups in total. The minimum absolute atomic E-state index is 0.171. The standard InChI is InChI=1S/C16H25F2N3O3S/c1-16(2,3)24-15(22)21-7-5-11(6-8-21)10-25(23)13-9-12(14(17)18)19-20(13)4/h9,11,14H,5-8,10H2,1-4H3. The maximum atomic E-state index is 12.7. The molecule has 1 aliphatic rings. The molecule has 0 saturated carbocycles. The van der Waals surface area contributed by atoms with Crippen molar-refractivity contribution in [2.45, 2.75) is 50.7 Å². The number of carbonyl (C=O) groups excluding carboxylic acids is 1. The van der Waals surface area contributed by atoms with Crippen LogP contribution in [0.25, 0.3) is 0 Å². The van der Waals surface area contributed by atoms with Crippen LogP contribution in [0.2, 0.25) is 0 Å². The van der Waals surface area contributed by atoms with Crippen LogP contribution in [0.5, 0.6) is 0 Å². The molecule has 25 heavy (non-hydrogen) atoms. The monoisotopic (exact) mass is 377 g/mol. The van der Waals surface area contributed by atoms with Gasteiger partial charge in [-0.05, 0) is 39.5 Å². The molecule has 0 bridgehead atoms. The Kier molecular flexibility index (Phi) is 6.18. The number of aromatic nitrogens is 2. The molecular formula is C16H25F2N3O3S. The summed E-state index contributed by atoms with van der Waals surface area (Å²) in [4.78, 5) is 13.7. The number of piperidine rings is 1. The highest BCUT2D eigenvalue weighted by Crippen LogP contribution is 2.24. The molecule has 1 aromatic rings. The Hall–Kier alpha value is -1.51. The Morgan fingerprint density at radius 1 is 1.40 bits per heavy atom. The highest BCUT2D eigenvalue weighted by atomic mass is 32.2. The summed E-state index contributed by atoms with van der Waals surface area (Å²) < 4.78 is 44.5. The average Bonchev–Trinajstić information content (AvgIpc) is 2.88. The van der Waals surface area contributed by atoms with Crippen molar-refractivity contribution >= 4 is 16.9 Å². The fraction of sp³-hybridized carbons (Fsp3) is 0.750. The van der Waals surface area contributed by atoms with E-state index in [1.165, 1.54) is 17.8 Å². The zero-order valence-corrected chi connectivity index (χ0v) is 15.8. The van der Waals surface area contributed by atoms with E-state index in [2.05, 4.69) is 5.10 Å². The molecule has 1 amide bonds. The Balaban J connectivity index is 1.87. The van der Waals surface area contributed by atoms with E-state index in [0.717, 1.165) is 0 Å². The van der Waals surface area contributed by atoms with Gasteiger partial charge in [0.25, 0.3) is 6.43 Å². The number of halogens is 2. The number of hydrogen-bond acceptors (Lipinski definition) is 4. The third kappa shape index (κ3) is 5.49. The van der Waals surface area contributed by atoms with Gasteiger partial charge in [-0.15, -0.1) is 0 Å². The fourth-order valence-corrected chi connectivity index (χ4v) is 4.22. The number of aryl methyl sites for hydroxylation is 1. The van der Waals surface area contributed by atoms with Crippen molar-refractivity contribution in [3.8, 4) is 0 Å². The third-order valence-electron chi connectivity index (χ3n) is 3.97. The van der Waals surface area contributed by atoms with E-state index >= 15 is 0 Å². The van der Waals surface area contributed by atoms with Crippen molar-refractivity contribution < 1.29 is 22.5 Å². The molecule has 142 valence electrons. The summed E-state index contributed by atoms with van der Waals surface area (Å²) in [5.41, 5.74) is -0.886. The largest absolute Gasteiger partial charge is 0.444 e. The van der Waals surface area contributed by atoms with Crippen molar-refractivity contribution in [2.24, 2.45) is 13.0 Å². The number of carbonyl (C=O) groups is 1. The van der Waals surface area contributed by atoms with Crippen LogP contribution in [0.3, 0.4) is 0 Å². The summed E-state index contributed by atoms with van der Waals surface area (Å²) in [7, 11) is 0.124. The highest BCUT2D eigenvalue weighted by Gasteiger charge is 2.28. The quantitative estimate of drug-likeness (QED) is 0.809. The first kappa shape index (κ1) is 19.8. The van der Waals surface area contributed by atoms with E-state index in [9.17, 15) is 17.8 Å². The summed E-state index contributed by atoms with van der Waals surface area (Å²) in [6, 6.07) is 1.20. The first-order valence-electron chi connectivity index (χ1n) is 8.25. The molecule has 1 unspecified atom stereocenters. The van der Waals surface area contributed by atoms with Crippen LogP contribution >= 0.6 is 0 Å². The van der Waals surface area contributed by atoms with Gasteiger partial charge in [0, 0.05) is 32.0 Å². The molecule has 6 nitrogen and oxygen atoms in total.